The fourth-order valence-electron chi connectivity index (χ4n) is 9.56. The molecule has 0 unspecified atom stereocenters. The second-order valence-electron chi connectivity index (χ2n) is 17.7. The molecular weight excluding hydrogens is 715 g/mol. The van der Waals surface area contributed by atoms with Gasteiger partial charge in [0.05, 0.1) is 0 Å². The molecule has 0 saturated heterocycles. The maximum absolute atomic E-state index is 9.69. The van der Waals surface area contributed by atoms with Gasteiger partial charge in [-0.15, -0.1) is 0 Å². The molecule has 8 aromatic rings. The van der Waals surface area contributed by atoms with E-state index in [4.69, 9.17) is 15.0 Å². The van der Waals surface area contributed by atoms with E-state index in [1.54, 1.807) is 0 Å². The molecule has 1 spiro atoms. The average Bonchev–Trinajstić information content (AvgIpc) is 3.71. The van der Waals surface area contributed by atoms with Gasteiger partial charge in [0.25, 0.3) is 0 Å². The van der Waals surface area contributed by atoms with Gasteiger partial charge in [-0.1, -0.05) is 173 Å². The highest BCUT2D eigenvalue weighted by Crippen LogP contribution is 2.59. The van der Waals surface area contributed by atoms with Crippen LogP contribution in [-0.2, 0) is 10.8 Å². The van der Waals surface area contributed by atoms with Crippen molar-refractivity contribution in [1.29, 1.82) is 0 Å². The first-order valence-corrected chi connectivity index (χ1v) is 20.7. The summed E-state index contributed by atoms with van der Waals surface area (Å²) in [6, 6.07) is 56.2. The lowest BCUT2D eigenvalue weighted by Gasteiger charge is -2.43. The minimum absolute atomic E-state index is 0.270. The zero-order valence-electron chi connectivity index (χ0n) is 37.8. The highest BCUT2D eigenvalue weighted by atomic mass is 15.0. The highest BCUT2D eigenvalue weighted by Gasteiger charge is 2.47. The van der Waals surface area contributed by atoms with E-state index in [-0.39, 0.29) is 18.3 Å². The van der Waals surface area contributed by atoms with E-state index in [1.165, 1.54) is 22.3 Å². The van der Waals surface area contributed by atoms with Crippen molar-refractivity contribution in [3.63, 3.8) is 0 Å². The molecule has 0 N–H and O–H groups in total. The highest BCUT2D eigenvalue weighted by molar-refractivity contribution is 5.88. The van der Waals surface area contributed by atoms with E-state index in [2.05, 4.69) is 117 Å². The van der Waals surface area contributed by atoms with Crippen LogP contribution in [0.15, 0.2) is 164 Å². The van der Waals surface area contributed by atoms with Crippen LogP contribution >= 0.6 is 0 Å². The number of hydrogen-bond acceptors (Lipinski definition) is 3. The Morgan fingerprint density at radius 1 is 0.373 bits per heavy atom. The van der Waals surface area contributed by atoms with E-state index in [9.17, 15) is 5.48 Å². The third kappa shape index (κ3) is 5.81. The summed E-state index contributed by atoms with van der Waals surface area (Å²) in [7, 11) is 0. The molecule has 1 aromatic heterocycles. The number of rotatable bonds is 5. The Balaban J connectivity index is 0.983. The van der Waals surface area contributed by atoms with Gasteiger partial charge in [-0.25, -0.2) is 15.0 Å². The van der Waals surface area contributed by atoms with Gasteiger partial charge in [0.1, 0.15) is 0 Å². The second-order valence-corrected chi connectivity index (χ2v) is 17.7. The monoisotopic (exact) mass is 765 g/mol. The number of nitrogens with zero attached hydrogens (tertiary/aromatic N) is 3. The van der Waals surface area contributed by atoms with Gasteiger partial charge in [-0.2, -0.15) is 0 Å². The molecule has 7 aromatic carbocycles. The fourth-order valence-corrected chi connectivity index (χ4v) is 9.56. The van der Waals surface area contributed by atoms with Crippen LogP contribution in [0.2, 0.25) is 0 Å². The van der Waals surface area contributed by atoms with E-state index < -0.39 is 23.6 Å². The first-order chi connectivity index (χ1) is 30.2. The van der Waals surface area contributed by atoms with E-state index in [0.29, 0.717) is 17.5 Å². The summed E-state index contributed by atoms with van der Waals surface area (Å²) >= 11 is 0. The first kappa shape index (κ1) is 31.5. The lowest BCUT2D eigenvalue weighted by Crippen LogP contribution is -2.34. The van der Waals surface area contributed by atoms with E-state index in [1.807, 2.05) is 74.5 Å². The summed E-state index contributed by atoms with van der Waals surface area (Å²) in [4.78, 5) is 15.2. The molecule has 3 aliphatic carbocycles. The molecular formula is C56H47N3. The van der Waals surface area contributed by atoms with Crippen molar-refractivity contribution < 1.29 is 5.48 Å². The Kier molecular flexibility index (Phi) is 7.10. The summed E-state index contributed by atoms with van der Waals surface area (Å²) in [5.41, 5.74) is 12.8. The van der Waals surface area contributed by atoms with Crippen molar-refractivity contribution in [3.05, 3.63) is 186 Å². The predicted octanol–water partition coefficient (Wildman–Crippen LogP) is 14.4. The SMILES string of the molecule is [2H]C1([2H])CC(C)(C)CC([2H])([2H])C12c1ccccc1-c1ccc(-c3ccc4c(c3)C(C)(C)c3cc(-c5nc(-c6ccccc6)nc(-c6ccc(-c7ccccc7)cc6)n5)ccc3-4)cc12. The number of aromatic nitrogens is 3. The van der Waals surface area contributed by atoms with Crippen molar-refractivity contribution >= 4 is 0 Å². The molecule has 0 radical (unpaired) electrons. The zero-order chi connectivity index (χ0) is 43.5. The molecule has 59 heavy (non-hydrogen) atoms. The Morgan fingerprint density at radius 3 is 1.37 bits per heavy atom. The lowest BCUT2D eigenvalue weighted by molar-refractivity contribution is 0.188. The van der Waals surface area contributed by atoms with Crippen LogP contribution in [0.4, 0.5) is 0 Å². The molecule has 0 amide bonds. The Morgan fingerprint density at radius 2 is 0.763 bits per heavy atom. The summed E-state index contributed by atoms with van der Waals surface area (Å²) < 4.78 is 38.8. The fraction of sp³-hybridized carbons (Fsp3) is 0.196. The maximum Gasteiger partial charge on any atom is 0.164 e. The molecule has 3 aliphatic rings. The van der Waals surface area contributed by atoms with Gasteiger partial charge in [0.2, 0.25) is 0 Å². The van der Waals surface area contributed by atoms with E-state index in [0.717, 1.165) is 61.2 Å². The predicted molar refractivity (Wildman–Crippen MR) is 243 cm³/mol. The molecule has 0 aliphatic heterocycles. The summed E-state index contributed by atoms with van der Waals surface area (Å²) in [6.45, 7) is 8.54. The van der Waals surface area contributed by atoms with Gasteiger partial charge < -0.3 is 0 Å². The molecule has 3 nitrogen and oxygen atoms in total. The third-order valence-corrected chi connectivity index (χ3v) is 12.9. The average molecular weight is 766 g/mol. The van der Waals surface area contributed by atoms with Crippen LogP contribution in [-0.4, -0.2) is 15.0 Å². The number of benzene rings is 7. The van der Waals surface area contributed by atoms with Crippen LogP contribution < -0.4 is 0 Å². The minimum atomic E-state index is -1.83. The van der Waals surface area contributed by atoms with Crippen LogP contribution in [0.25, 0.3) is 78.7 Å². The quantitative estimate of drug-likeness (QED) is 0.175. The van der Waals surface area contributed by atoms with Crippen molar-refractivity contribution in [2.45, 2.75) is 64.1 Å². The molecule has 1 heterocycles. The van der Waals surface area contributed by atoms with Crippen LogP contribution in [0.1, 0.15) is 81.0 Å². The molecule has 286 valence electrons. The zero-order valence-corrected chi connectivity index (χ0v) is 33.8. The van der Waals surface area contributed by atoms with E-state index >= 15 is 0 Å². The number of fused-ring (bicyclic) bond motifs is 8. The molecule has 0 bridgehead atoms. The standard InChI is InChI=1S/C56H47N3/c1-54(2)29-31-56(32-30-54)47-18-12-11-17-43(47)46-27-24-41(34-50(46)56)40-23-26-44-45-28-25-42(35-49(45)55(3,4)48(44)33-40)53-58-51(38-15-9-6-10-16-38)57-52(59-53)39-21-19-37(20-22-39)36-13-7-5-8-14-36/h5-28,33-35H,29-32H2,1-4H3/i31D2,32D2. The molecule has 1 saturated carbocycles. The number of hydrogen-bond donors (Lipinski definition) is 0. The van der Waals surface area contributed by atoms with Gasteiger partial charge in [0.15, 0.2) is 17.5 Å². The van der Waals surface area contributed by atoms with Gasteiger partial charge >= 0.3 is 0 Å². The summed E-state index contributed by atoms with van der Waals surface area (Å²) in [6.07, 6.45) is -3.12. The van der Waals surface area contributed by atoms with Gasteiger partial charge in [-0.3, -0.25) is 0 Å². The van der Waals surface area contributed by atoms with Crippen LogP contribution in [0, 0.1) is 5.41 Å². The van der Waals surface area contributed by atoms with Crippen LogP contribution in [0.3, 0.4) is 0 Å². The molecule has 3 heteroatoms. The van der Waals surface area contributed by atoms with Crippen molar-refractivity contribution in [1.82, 2.24) is 15.0 Å². The maximum atomic E-state index is 9.69. The van der Waals surface area contributed by atoms with Crippen molar-refractivity contribution in [3.8, 4) is 78.7 Å². The van der Waals surface area contributed by atoms with Crippen LogP contribution in [0.5, 0.6) is 0 Å². The Bertz CT molecular complexity index is 3100. The molecule has 1 fully saturated rings. The minimum Gasteiger partial charge on any atom is -0.208 e. The third-order valence-electron chi connectivity index (χ3n) is 12.9. The van der Waals surface area contributed by atoms with Crippen molar-refractivity contribution in [2.75, 3.05) is 0 Å². The van der Waals surface area contributed by atoms with Gasteiger partial charge in [0, 0.05) is 33.0 Å². The lowest BCUT2D eigenvalue weighted by atomic mass is 9.61. The smallest absolute Gasteiger partial charge is 0.164 e. The second kappa shape index (κ2) is 13.3. The Labute approximate surface area is 353 Å². The molecule has 0 atom stereocenters. The molecule has 11 rings (SSSR count). The first-order valence-electron chi connectivity index (χ1n) is 22.7. The van der Waals surface area contributed by atoms with Crippen molar-refractivity contribution in [2.24, 2.45) is 5.41 Å². The largest absolute Gasteiger partial charge is 0.208 e. The van der Waals surface area contributed by atoms with Gasteiger partial charge in [-0.05, 0) is 116 Å². The topological polar surface area (TPSA) is 38.7 Å². The normalized spacial score (nSPS) is 19.0. The Hall–Kier alpha value is -6.45. The summed E-state index contributed by atoms with van der Waals surface area (Å²) in [5.74, 6) is 1.84. The summed E-state index contributed by atoms with van der Waals surface area (Å²) in [5, 5.41) is 0.